The van der Waals surface area contributed by atoms with E-state index in [1.165, 1.54) is 6.20 Å². The molecular formula is C10H9Br2N5O. The van der Waals surface area contributed by atoms with Crippen LogP contribution >= 0.6 is 31.9 Å². The molecule has 6 nitrogen and oxygen atoms in total. The van der Waals surface area contributed by atoms with Gasteiger partial charge in [0, 0.05) is 25.4 Å². The average molecular weight is 375 g/mol. The van der Waals surface area contributed by atoms with Gasteiger partial charge in [0.15, 0.2) is 5.82 Å². The number of hydrogen-bond donors (Lipinski definition) is 1. The second-order valence-corrected chi connectivity index (χ2v) is 4.96. The van der Waals surface area contributed by atoms with Gasteiger partial charge < -0.3 is 5.32 Å². The Morgan fingerprint density at radius 1 is 1.44 bits per heavy atom. The Balaban J connectivity index is 1.91. The molecule has 1 N–H and O–H groups in total. The number of nitrogens with zero attached hydrogens (tertiary/aromatic N) is 4. The summed E-state index contributed by atoms with van der Waals surface area (Å²) >= 11 is 6.42. The molecule has 0 aliphatic carbocycles. The lowest BCUT2D eigenvalue weighted by Gasteiger charge is -2.06. The first kappa shape index (κ1) is 13.2. The number of rotatable bonds is 4. The van der Waals surface area contributed by atoms with Crippen LogP contribution in [0.3, 0.4) is 0 Å². The summed E-state index contributed by atoms with van der Waals surface area (Å²) in [5, 5.41) is 6.70. The van der Waals surface area contributed by atoms with Crippen LogP contribution in [0, 0.1) is 0 Å². The molecule has 0 radical (unpaired) electrons. The lowest BCUT2D eigenvalue weighted by Crippen LogP contribution is -2.16. The molecule has 0 aromatic carbocycles. The van der Waals surface area contributed by atoms with E-state index in [1.54, 1.807) is 10.9 Å². The number of hydrogen-bond acceptors (Lipinski definition) is 4. The van der Waals surface area contributed by atoms with Crippen molar-refractivity contribution in [3.63, 3.8) is 0 Å². The first-order valence-electron chi connectivity index (χ1n) is 5.10. The fourth-order valence-corrected chi connectivity index (χ4v) is 2.18. The van der Waals surface area contributed by atoms with Crippen molar-refractivity contribution in [2.24, 2.45) is 0 Å². The van der Waals surface area contributed by atoms with E-state index in [-0.39, 0.29) is 5.91 Å². The molecular weight excluding hydrogens is 366 g/mol. The van der Waals surface area contributed by atoms with E-state index in [1.807, 2.05) is 12.3 Å². The van der Waals surface area contributed by atoms with Gasteiger partial charge in [-0.1, -0.05) is 0 Å². The summed E-state index contributed by atoms with van der Waals surface area (Å²) in [5.74, 6) is 0.270. The molecule has 0 spiro atoms. The molecule has 0 unspecified atom stereocenters. The third kappa shape index (κ3) is 3.61. The van der Waals surface area contributed by atoms with Gasteiger partial charge in [0.25, 0.3) is 0 Å². The highest BCUT2D eigenvalue weighted by molar-refractivity contribution is 9.11. The summed E-state index contributed by atoms with van der Waals surface area (Å²) in [7, 11) is 0. The second kappa shape index (κ2) is 6.05. The van der Waals surface area contributed by atoms with Crippen LogP contribution in [-0.2, 0) is 11.3 Å². The smallest absolute Gasteiger partial charge is 0.227 e. The predicted molar refractivity (Wildman–Crippen MR) is 72.9 cm³/mol. The molecule has 1 amide bonds. The van der Waals surface area contributed by atoms with Gasteiger partial charge in [-0.05, 0) is 37.9 Å². The minimum Gasteiger partial charge on any atom is -0.308 e. The third-order valence-electron chi connectivity index (χ3n) is 2.09. The molecule has 2 heterocycles. The van der Waals surface area contributed by atoms with Crippen LogP contribution in [0.25, 0.3) is 0 Å². The first-order valence-corrected chi connectivity index (χ1v) is 6.69. The van der Waals surface area contributed by atoms with Crippen molar-refractivity contribution in [1.29, 1.82) is 0 Å². The summed E-state index contributed by atoms with van der Waals surface area (Å²) in [5.41, 5.74) is 0. The van der Waals surface area contributed by atoms with E-state index < -0.39 is 0 Å². The highest BCUT2D eigenvalue weighted by Crippen LogP contribution is 2.19. The quantitative estimate of drug-likeness (QED) is 0.890. The maximum absolute atomic E-state index is 11.7. The monoisotopic (exact) mass is 373 g/mol. The zero-order valence-electron chi connectivity index (χ0n) is 9.18. The molecule has 0 atom stereocenters. The lowest BCUT2D eigenvalue weighted by atomic mass is 10.4. The van der Waals surface area contributed by atoms with Crippen molar-refractivity contribution in [3.8, 4) is 0 Å². The highest BCUT2D eigenvalue weighted by Gasteiger charge is 2.08. The molecule has 18 heavy (non-hydrogen) atoms. The Bertz CT molecular complexity index is 543. The van der Waals surface area contributed by atoms with Crippen molar-refractivity contribution in [1.82, 2.24) is 19.7 Å². The number of nitrogens with one attached hydrogen (secondary N) is 1. The average Bonchev–Trinajstić information content (AvgIpc) is 2.83. The third-order valence-corrected chi connectivity index (χ3v) is 3.02. The Morgan fingerprint density at radius 3 is 2.94 bits per heavy atom. The molecule has 2 aromatic rings. The summed E-state index contributed by atoms with van der Waals surface area (Å²) in [4.78, 5) is 19.8. The topological polar surface area (TPSA) is 72.7 Å². The summed E-state index contributed by atoms with van der Waals surface area (Å²) in [6.45, 7) is 0.528. The summed E-state index contributed by atoms with van der Waals surface area (Å²) < 4.78 is 2.79. The van der Waals surface area contributed by atoms with Gasteiger partial charge in [-0.25, -0.2) is 9.97 Å². The van der Waals surface area contributed by atoms with Crippen LogP contribution in [0.2, 0.25) is 0 Å². The first-order chi connectivity index (χ1) is 8.65. The van der Waals surface area contributed by atoms with Gasteiger partial charge in [-0.2, -0.15) is 5.10 Å². The van der Waals surface area contributed by atoms with Gasteiger partial charge in [0.2, 0.25) is 5.91 Å². The Morgan fingerprint density at radius 2 is 2.28 bits per heavy atom. The van der Waals surface area contributed by atoms with Gasteiger partial charge in [-0.15, -0.1) is 0 Å². The number of aryl methyl sites for hydroxylation is 1. The zero-order valence-corrected chi connectivity index (χ0v) is 12.3. The van der Waals surface area contributed by atoms with E-state index in [0.717, 1.165) is 0 Å². The van der Waals surface area contributed by atoms with Gasteiger partial charge in [-0.3, -0.25) is 9.48 Å². The van der Waals surface area contributed by atoms with Gasteiger partial charge in [0.05, 0.1) is 6.20 Å². The number of aromatic nitrogens is 4. The molecule has 0 saturated heterocycles. The number of amides is 1. The van der Waals surface area contributed by atoms with Crippen molar-refractivity contribution < 1.29 is 4.79 Å². The number of halogens is 2. The van der Waals surface area contributed by atoms with Crippen LogP contribution in [0.1, 0.15) is 6.42 Å². The van der Waals surface area contributed by atoms with Crippen molar-refractivity contribution in [2.75, 3.05) is 5.32 Å². The normalized spacial score (nSPS) is 10.3. The Hall–Kier alpha value is -1.28. The van der Waals surface area contributed by atoms with Crippen LogP contribution < -0.4 is 5.32 Å². The lowest BCUT2D eigenvalue weighted by molar-refractivity contribution is -0.116. The van der Waals surface area contributed by atoms with E-state index in [2.05, 4.69) is 52.2 Å². The molecule has 0 fully saturated rings. The van der Waals surface area contributed by atoms with E-state index in [9.17, 15) is 4.79 Å². The molecule has 2 rings (SSSR count). The minimum atomic E-state index is -0.136. The maximum atomic E-state index is 11.7. The van der Waals surface area contributed by atoms with Gasteiger partial charge in [0.1, 0.15) is 9.21 Å². The summed E-state index contributed by atoms with van der Waals surface area (Å²) in [6.07, 6.45) is 5.33. The fourth-order valence-electron chi connectivity index (χ4n) is 1.27. The molecule has 94 valence electrons. The van der Waals surface area contributed by atoms with Crippen molar-refractivity contribution >= 4 is 43.6 Å². The van der Waals surface area contributed by atoms with E-state index in [0.29, 0.717) is 28.0 Å². The minimum absolute atomic E-state index is 0.136. The molecule has 2 aromatic heterocycles. The van der Waals surface area contributed by atoms with Crippen molar-refractivity contribution in [3.05, 3.63) is 33.9 Å². The molecule has 0 saturated carbocycles. The van der Waals surface area contributed by atoms with Crippen LogP contribution in [0.4, 0.5) is 5.82 Å². The standard InChI is InChI=1S/C10H9Br2N5O/c11-7-6-13-10(9(12)15-7)16-8(18)2-5-17-4-1-3-14-17/h1,3-4,6H,2,5H2,(H,13,16,18). The van der Waals surface area contributed by atoms with Gasteiger partial charge >= 0.3 is 0 Å². The SMILES string of the molecule is O=C(CCn1cccn1)Nc1ncc(Br)nc1Br. The highest BCUT2D eigenvalue weighted by atomic mass is 79.9. The summed E-state index contributed by atoms with van der Waals surface area (Å²) in [6, 6.07) is 1.81. The van der Waals surface area contributed by atoms with Crippen LogP contribution in [0.5, 0.6) is 0 Å². The molecule has 0 aliphatic rings. The zero-order chi connectivity index (χ0) is 13.0. The molecule has 8 heteroatoms. The Kier molecular flexibility index (Phi) is 4.43. The maximum Gasteiger partial charge on any atom is 0.227 e. The fraction of sp³-hybridized carbons (Fsp3) is 0.200. The number of anilines is 1. The number of carbonyl (C=O) groups is 1. The van der Waals surface area contributed by atoms with Crippen LogP contribution in [-0.4, -0.2) is 25.7 Å². The second-order valence-electron chi connectivity index (χ2n) is 3.40. The predicted octanol–water partition coefficient (Wildman–Crippen LogP) is 2.23. The van der Waals surface area contributed by atoms with Crippen LogP contribution in [0.15, 0.2) is 33.9 Å². The Labute approximate surface area is 120 Å². The van der Waals surface area contributed by atoms with E-state index >= 15 is 0 Å². The number of carbonyl (C=O) groups excluding carboxylic acids is 1. The largest absolute Gasteiger partial charge is 0.308 e. The molecule has 0 bridgehead atoms. The van der Waals surface area contributed by atoms with E-state index in [4.69, 9.17) is 0 Å². The van der Waals surface area contributed by atoms with Crippen molar-refractivity contribution in [2.45, 2.75) is 13.0 Å². The molecule has 0 aliphatic heterocycles.